The van der Waals surface area contributed by atoms with Crippen molar-refractivity contribution in [2.24, 2.45) is 0 Å². The third-order valence-corrected chi connectivity index (χ3v) is 17.1. The minimum atomic E-state index is -3.07. The molecule has 0 bridgehead atoms. The van der Waals surface area contributed by atoms with E-state index >= 15 is 4.57 Å². The Morgan fingerprint density at radius 3 is 2.02 bits per heavy atom. The van der Waals surface area contributed by atoms with Crippen LogP contribution < -0.4 is 10.6 Å². The van der Waals surface area contributed by atoms with Crippen molar-refractivity contribution >= 4 is 91.8 Å². The molecule has 2 unspecified atom stereocenters. The van der Waals surface area contributed by atoms with Gasteiger partial charge in [0.05, 0.1) is 26.1 Å². The number of allylic oxidation sites excluding steroid dienone is 4. The number of hydrogen-bond donors (Lipinski definition) is 0. The van der Waals surface area contributed by atoms with Crippen molar-refractivity contribution in [3.63, 3.8) is 0 Å². The van der Waals surface area contributed by atoms with Crippen LogP contribution in [0.1, 0.15) is 6.42 Å². The van der Waals surface area contributed by atoms with E-state index in [1.807, 2.05) is 83.5 Å². The molecular formula is C49H33N2OPS2. The number of pyridine rings is 1. The first-order valence-corrected chi connectivity index (χ1v) is 22.0. The molecule has 4 heterocycles. The van der Waals surface area contributed by atoms with Crippen molar-refractivity contribution in [1.82, 2.24) is 9.55 Å². The first kappa shape index (κ1) is 32.6. The summed E-state index contributed by atoms with van der Waals surface area (Å²) in [5.41, 5.74) is 7.46. The molecule has 0 aliphatic heterocycles. The molecule has 55 heavy (non-hydrogen) atoms. The summed E-state index contributed by atoms with van der Waals surface area (Å²) in [4.78, 5) is 4.60. The number of fused-ring (bicyclic) bond motifs is 8. The molecule has 0 saturated heterocycles. The summed E-state index contributed by atoms with van der Waals surface area (Å²) in [5.74, 6) is 0. The molecule has 6 aromatic carbocycles. The van der Waals surface area contributed by atoms with Crippen LogP contribution in [0.15, 0.2) is 182 Å². The molecule has 2 atom stereocenters. The van der Waals surface area contributed by atoms with Crippen molar-refractivity contribution < 1.29 is 4.57 Å². The summed E-state index contributed by atoms with van der Waals surface area (Å²) >= 11 is 3.78. The topological polar surface area (TPSA) is 34.9 Å². The van der Waals surface area contributed by atoms with Gasteiger partial charge in [0.15, 0.2) is 0 Å². The third kappa shape index (κ3) is 5.22. The zero-order valence-electron chi connectivity index (χ0n) is 29.7. The lowest BCUT2D eigenvalue weighted by Gasteiger charge is -2.27. The average Bonchev–Trinajstić information content (AvgIpc) is 3.91. The van der Waals surface area contributed by atoms with Crippen molar-refractivity contribution in [2.75, 3.05) is 0 Å². The van der Waals surface area contributed by atoms with Crippen LogP contribution in [0.3, 0.4) is 0 Å². The van der Waals surface area contributed by atoms with Crippen LogP contribution in [-0.2, 0) is 4.57 Å². The molecule has 262 valence electrons. The van der Waals surface area contributed by atoms with Crippen molar-refractivity contribution in [3.05, 3.63) is 182 Å². The molecule has 10 aromatic rings. The number of nitrogens with zero attached hydrogens (tertiary/aromatic N) is 2. The van der Waals surface area contributed by atoms with Crippen LogP contribution in [0.4, 0.5) is 0 Å². The quantitative estimate of drug-likeness (QED) is 0.158. The number of aromatic nitrogens is 2. The maximum atomic E-state index is 15.6. The first-order chi connectivity index (χ1) is 27.1. The van der Waals surface area contributed by atoms with Gasteiger partial charge in [-0.25, -0.2) is 0 Å². The minimum Gasteiger partial charge on any atom is -0.313 e. The van der Waals surface area contributed by atoms with Gasteiger partial charge < -0.3 is 9.13 Å². The van der Waals surface area contributed by atoms with Crippen LogP contribution in [-0.4, -0.2) is 15.2 Å². The van der Waals surface area contributed by atoms with E-state index < -0.39 is 7.14 Å². The van der Waals surface area contributed by atoms with Crippen LogP contribution in [0.5, 0.6) is 0 Å². The van der Waals surface area contributed by atoms with Gasteiger partial charge in [-0.2, -0.15) is 0 Å². The lowest BCUT2D eigenvalue weighted by Crippen LogP contribution is -2.25. The van der Waals surface area contributed by atoms with Gasteiger partial charge in [-0.1, -0.05) is 127 Å². The van der Waals surface area contributed by atoms with E-state index in [-0.39, 0.29) is 5.66 Å². The highest BCUT2D eigenvalue weighted by molar-refractivity contribution is 7.79. The summed E-state index contributed by atoms with van der Waals surface area (Å²) in [5, 5.41) is 6.74. The van der Waals surface area contributed by atoms with Crippen LogP contribution in [0.2, 0.25) is 0 Å². The fourth-order valence-corrected chi connectivity index (χ4v) is 14.1. The maximum Gasteiger partial charge on any atom is 0.150 e. The normalized spacial score (nSPS) is 15.5. The summed E-state index contributed by atoms with van der Waals surface area (Å²) in [6.07, 6.45) is 10.9. The Kier molecular flexibility index (Phi) is 7.63. The van der Waals surface area contributed by atoms with Gasteiger partial charge in [-0.15, -0.1) is 22.7 Å². The number of benzene rings is 6. The fraction of sp³-hybridized carbons (Fsp3) is 0.0408. The molecule has 1 aliphatic carbocycles. The lowest BCUT2D eigenvalue weighted by atomic mass is 10.0. The lowest BCUT2D eigenvalue weighted by molar-refractivity contribution is 0.582. The Labute approximate surface area is 326 Å². The van der Waals surface area contributed by atoms with Crippen LogP contribution in [0.25, 0.3) is 79.4 Å². The predicted octanol–water partition coefficient (Wildman–Crippen LogP) is 13.3. The van der Waals surface area contributed by atoms with Crippen LogP contribution in [0, 0.1) is 0 Å². The third-order valence-electron chi connectivity index (χ3n) is 11.1. The number of thiophene rings is 2. The highest BCUT2D eigenvalue weighted by Crippen LogP contribution is 2.52. The summed E-state index contributed by atoms with van der Waals surface area (Å²) in [7, 11) is -3.07. The SMILES string of the molecule is O=P(c1ccccc1)(c1ccc2c3ccc(-c4ccc5c(c4)sc4c6ccccc6sc54)cc3n(-c3ccc(-c4ccccn4)cc3)c2c1)C1C=CC=CC1. The van der Waals surface area contributed by atoms with E-state index in [9.17, 15) is 0 Å². The molecule has 6 heteroatoms. The fourth-order valence-electron chi connectivity index (χ4n) is 8.39. The molecule has 0 radical (unpaired) electrons. The number of hydrogen-bond acceptors (Lipinski definition) is 4. The van der Waals surface area contributed by atoms with E-state index in [2.05, 4.69) is 131 Å². The van der Waals surface area contributed by atoms with Crippen molar-refractivity contribution in [2.45, 2.75) is 12.1 Å². The molecule has 0 spiro atoms. The largest absolute Gasteiger partial charge is 0.313 e. The average molecular weight is 761 g/mol. The molecule has 3 nitrogen and oxygen atoms in total. The Balaban J connectivity index is 1.12. The Morgan fingerprint density at radius 1 is 0.564 bits per heavy atom. The zero-order chi connectivity index (χ0) is 36.5. The summed E-state index contributed by atoms with van der Waals surface area (Å²) in [6, 6.07) is 53.8. The number of rotatable bonds is 6. The molecule has 0 amide bonds. The standard InChI is InChI=1S/C49H33N2OPS2/c52-53(36-11-3-1-4-12-36,37-13-5-2-6-14-37)38-24-27-40-39-25-20-33(34-21-26-42-47(30-34)55-48-41-15-7-8-17-46(41)54-49(42)48)29-44(39)51(45(40)31-38)35-22-18-32(19-23-35)43-16-9-10-28-50-43/h1-13,15-31,37H,14H2. The molecule has 1 aliphatic rings. The Morgan fingerprint density at radius 2 is 1.24 bits per heavy atom. The molecular weight excluding hydrogens is 728 g/mol. The molecule has 0 N–H and O–H groups in total. The van der Waals surface area contributed by atoms with E-state index in [1.165, 1.54) is 46.1 Å². The van der Waals surface area contributed by atoms with Gasteiger partial charge in [-0.3, -0.25) is 4.98 Å². The predicted molar refractivity (Wildman–Crippen MR) is 238 cm³/mol. The van der Waals surface area contributed by atoms with Gasteiger partial charge in [0.1, 0.15) is 7.14 Å². The first-order valence-electron chi connectivity index (χ1n) is 18.6. The van der Waals surface area contributed by atoms with Gasteiger partial charge in [-0.05, 0) is 66.1 Å². The summed E-state index contributed by atoms with van der Waals surface area (Å²) in [6.45, 7) is 0. The van der Waals surface area contributed by atoms with E-state index in [0.717, 1.165) is 50.4 Å². The molecule has 4 aromatic heterocycles. The highest BCUT2D eigenvalue weighted by atomic mass is 32.1. The molecule has 0 saturated carbocycles. The monoisotopic (exact) mass is 760 g/mol. The van der Waals surface area contributed by atoms with E-state index in [4.69, 9.17) is 0 Å². The minimum absolute atomic E-state index is 0.111. The van der Waals surface area contributed by atoms with E-state index in [1.54, 1.807) is 0 Å². The van der Waals surface area contributed by atoms with Gasteiger partial charge in [0.2, 0.25) is 0 Å². The Hall–Kier alpha value is -5.84. The molecule has 11 rings (SSSR count). The van der Waals surface area contributed by atoms with Gasteiger partial charge in [0.25, 0.3) is 0 Å². The maximum absolute atomic E-state index is 15.6. The Bertz CT molecular complexity index is 3210. The second-order valence-electron chi connectivity index (χ2n) is 14.2. The summed E-state index contributed by atoms with van der Waals surface area (Å²) < 4.78 is 23.4. The van der Waals surface area contributed by atoms with Crippen molar-refractivity contribution in [1.29, 1.82) is 0 Å². The van der Waals surface area contributed by atoms with Crippen molar-refractivity contribution in [3.8, 4) is 28.1 Å². The highest BCUT2D eigenvalue weighted by Gasteiger charge is 2.35. The smallest absolute Gasteiger partial charge is 0.150 e. The van der Waals surface area contributed by atoms with Gasteiger partial charge >= 0.3 is 0 Å². The molecule has 0 fully saturated rings. The van der Waals surface area contributed by atoms with Crippen LogP contribution >= 0.6 is 29.8 Å². The second kappa shape index (κ2) is 12.9. The van der Waals surface area contributed by atoms with Gasteiger partial charge in [0, 0.05) is 64.7 Å². The second-order valence-corrected chi connectivity index (χ2v) is 19.3. The van der Waals surface area contributed by atoms with E-state index in [0.29, 0.717) is 0 Å². The zero-order valence-corrected chi connectivity index (χ0v) is 32.2.